The lowest BCUT2D eigenvalue weighted by atomic mass is 10.1. The summed E-state index contributed by atoms with van der Waals surface area (Å²) in [4.78, 5) is 19.7. The van der Waals surface area contributed by atoms with Gasteiger partial charge in [0, 0.05) is 30.2 Å². The number of hydrogen-bond donors (Lipinski definition) is 2. The van der Waals surface area contributed by atoms with Crippen molar-refractivity contribution in [1.29, 1.82) is 0 Å². The van der Waals surface area contributed by atoms with E-state index in [-0.39, 0.29) is 5.56 Å². The molecule has 1 aromatic heterocycles. The first kappa shape index (κ1) is 20.4. The number of likely N-dealkylation sites (N-methyl/N-ethyl adjacent to an activating group) is 1. The van der Waals surface area contributed by atoms with Crippen LogP contribution in [0.5, 0.6) is 0 Å². The lowest BCUT2D eigenvalue weighted by Gasteiger charge is -2.29. The van der Waals surface area contributed by atoms with E-state index in [4.69, 9.17) is 12.2 Å². The van der Waals surface area contributed by atoms with Gasteiger partial charge in [-0.05, 0) is 70.2 Å². The van der Waals surface area contributed by atoms with E-state index >= 15 is 0 Å². The van der Waals surface area contributed by atoms with Gasteiger partial charge in [0.1, 0.15) is 0 Å². The number of rotatable bonds is 7. The van der Waals surface area contributed by atoms with Gasteiger partial charge in [0.15, 0.2) is 5.11 Å². The van der Waals surface area contributed by atoms with Gasteiger partial charge < -0.3 is 20.1 Å². The predicted octanol–water partition coefficient (Wildman–Crippen LogP) is 2.87. The van der Waals surface area contributed by atoms with E-state index in [1.807, 2.05) is 32.3 Å². The maximum atomic E-state index is 12.5. The molecular weight excluding hydrogens is 344 g/mol. The Bertz CT molecular complexity index is 815. The van der Waals surface area contributed by atoms with Crippen LogP contribution in [-0.4, -0.2) is 53.1 Å². The van der Waals surface area contributed by atoms with Gasteiger partial charge in [-0.15, -0.1) is 0 Å². The number of pyridine rings is 1. The highest BCUT2D eigenvalue weighted by atomic mass is 32.1. The summed E-state index contributed by atoms with van der Waals surface area (Å²) in [6, 6.07) is 8.34. The van der Waals surface area contributed by atoms with Crippen LogP contribution in [0.15, 0.2) is 29.1 Å². The van der Waals surface area contributed by atoms with Crippen molar-refractivity contribution in [2.45, 2.75) is 39.8 Å². The molecule has 0 aliphatic rings. The van der Waals surface area contributed by atoms with Crippen molar-refractivity contribution >= 4 is 28.2 Å². The molecule has 0 spiro atoms. The van der Waals surface area contributed by atoms with Crippen molar-refractivity contribution in [3.63, 3.8) is 0 Å². The molecule has 0 saturated heterocycles. The van der Waals surface area contributed by atoms with E-state index in [1.165, 1.54) is 5.56 Å². The molecule has 0 fully saturated rings. The normalized spacial score (nSPS) is 12.4. The zero-order chi connectivity index (χ0) is 19.3. The number of nitrogens with zero attached hydrogens (tertiary/aromatic N) is 2. The minimum Gasteiger partial charge on any atom is -0.360 e. The van der Waals surface area contributed by atoms with Gasteiger partial charge in [-0.25, -0.2) is 0 Å². The fraction of sp³-hybridized carbons (Fsp3) is 0.500. The highest BCUT2D eigenvalue weighted by Gasteiger charge is 2.15. The first-order valence-electron chi connectivity index (χ1n) is 9.13. The molecular formula is C20H30N4OS. The zero-order valence-electron chi connectivity index (χ0n) is 16.4. The van der Waals surface area contributed by atoms with E-state index in [0.717, 1.165) is 36.0 Å². The largest absolute Gasteiger partial charge is 0.360 e. The van der Waals surface area contributed by atoms with Crippen LogP contribution in [0.1, 0.15) is 31.4 Å². The van der Waals surface area contributed by atoms with Crippen LogP contribution < -0.4 is 10.9 Å². The number of hydrogen-bond acceptors (Lipinski definition) is 3. The van der Waals surface area contributed by atoms with Gasteiger partial charge in [-0.1, -0.05) is 18.6 Å². The van der Waals surface area contributed by atoms with E-state index in [1.54, 1.807) is 0 Å². The summed E-state index contributed by atoms with van der Waals surface area (Å²) in [5.41, 5.74) is 2.72. The molecule has 0 amide bonds. The summed E-state index contributed by atoms with van der Waals surface area (Å²) >= 11 is 5.61. The molecule has 2 rings (SSSR count). The van der Waals surface area contributed by atoms with Gasteiger partial charge in [0.2, 0.25) is 0 Å². The summed E-state index contributed by atoms with van der Waals surface area (Å²) < 4.78 is 0. The molecule has 1 aromatic carbocycles. The Balaban J connectivity index is 2.28. The number of benzene rings is 1. The fourth-order valence-corrected chi connectivity index (χ4v) is 3.03. The Morgan fingerprint density at radius 3 is 2.65 bits per heavy atom. The molecule has 6 heteroatoms. The third-order valence-corrected chi connectivity index (χ3v) is 4.90. The molecule has 1 heterocycles. The molecule has 0 unspecified atom stereocenters. The second kappa shape index (κ2) is 9.14. The van der Waals surface area contributed by atoms with Crippen LogP contribution >= 0.6 is 12.2 Å². The van der Waals surface area contributed by atoms with Crippen molar-refractivity contribution in [1.82, 2.24) is 20.1 Å². The van der Waals surface area contributed by atoms with Crippen LogP contribution in [0.4, 0.5) is 0 Å². The third kappa shape index (κ3) is 5.54. The highest BCUT2D eigenvalue weighted by Crippen LogP contribution is 2.14. The average molecular weight is 375 g/mol. The number of aromatic nitrogens is 1. The number of aryl methyl sites for hydroxylation is 1. The lowest BCUT2D eigenvalue weighted by molar-refractivity contribution is 0.319. The zero-order valence-corrected chi connectivity index (χ0v) is 17.2. The van der Waals surface area contributed by atoms with E-state index < -0.39 is 0 Å². The Morgan fingerprint density at radius 2 is 2.00 bits per heavy atom. The summed E-state index contributed by atoms with van der Waals surface area (Å²) in [5, 5.41) is 5.11. The van der Waals surface area contributed by atoms with Gasteiger partial charge >= 0.3 is 0 Å². The van der Waals surface area contributed by atoms with Crippen molar-refractivity contribution in [2.75, 3.05) is 27.2 Å². The smallest absolute Gasteiger partial charge is 0.253 e. The molecule has 142 valence electrons. The standard InChI is InChI=1S/C20H30N4OS/c1-6-15(3)21-20(26)24(10-9-23(4)5)13-17-12-16-11-14(2)7-8-18(16)22-19(17)25/h7-8,11-12,15H,6,9-10,13H2,1-5H3,(H,21,26)(H,22,25)/t15-/m0/s1. The van der Waals surface area contributed by atoms with Gasteiger partial charge in [-0.2, -0.15) is 0 Å². The predicted molar refractivity (Wildman–Crippen MR) is 114 cm³/mol. The molecule has 5 nitrogen and oxygen atoms in total. The van der Waals surface area contributed by atoms with Crippen LogP contribution in [-0.2, 0) is 6.54 Å². The Labute approximate surface area is 161 Å². The fourth-order valence-electron chi connectivity index (χ4n) is 2.67. The monoisotopic (exact) mass is 374 g/mol. The van der Waals surface area contributed by atoms with Gasteiger partial charge in [0.05, 0.1) is 6.54 Å². The molecule has 0 radical (unpaired) electrons. The number of fused-ring (bicyclic) bond motifs is 1. The molecule has 0 aliphatic carbocycles. The maximum Gasteiger partial charge on any atom is 0.253 e. The highest BCUT2D eigenvalue weighted by molar-refractivity contribution is 7.80. The van der Waals surface area contributed by atoms with Crippen molar-refractivity contribution in [3.8, 4) is 0 Å². The second-order valence-electron chi connectivity index (χ2n) is 7.20. The number of thiocarbonyl (C=S) groups is 1. The minimum absolute atomic E-state index is 0.0532. The van der Waals surface area contributed by atoms with E-state index in [2.05, 4.69) is 46.9 Å². The van der Waals surface area contributed by atoms with E-state index in [9.17, 15) is 4.79 Å². The number of H-pyrrole nitrogens is 1. The van der Waals surface area contributed by atoms with Crippen LogP contribution in [0.25, 0.3) is 10.9 Å². The summed E-state index contributed by atoms with van der Waals surface area (Å²) in [6.07, 6.45) is 0.998. The SMILES string of the molecule is CC[C@H](C)NC(=S)N(CCN(C)C)Cc1cc2cc(C)ccc2[nH]c1=O. The first-order chi connectivity index (χ1) is 12.3. The summed E-state index contributed by atoms with van der Waals surface area (Å²) in [7, 11) is 4.07. The second-order valence-corrected chi connectivity index (χ2v) is 7.58. The molecule has 1 atom stereocenters. The quantitative estimate of drug-likeness (QED) is 0.730. The number of nitrogens with one attached hydrogen (secondary N) is 2. The van der Waals surface area contributed by atoms with Crippen molar-refractivity contribution in [3.05, 3.63) is 45.7 Å². The lowest BCUT2D eigenvalue weighted by Crippen LogP contribution is -2.46. The third-order valence-electron chi connectivity index (χ3n) is 4.52. The molecule has 2 N–H and O–H groups in total. The summed E-state index contributed by atoms with van der Waals surface area (Å²) in [5.74, 6) is 0. The molecule has 0 bridgehead atoms. The summed E-state index contributed by atoms with van der Waals surface area (Å²) in [6.45, 7) is 8.42. The molecule has 2 aromatic rings. The minimum atomic E-state index is -0.0532. The molecule has 0 aliphatic heterocycles. The van der Waals surface area contributed by atoms with Crippen LogP contribution in [0.3, 0.4) is 0 Å². The maximum absolute atomic E-state index is 12.5. The van der Waals surface area contributed by atoms with Gasteiger partial charge in [-0.3, -0.25) is 4.79 Å². The van der Waals surface area contributed by atoms with Crippen LogP contribution in [0, 0.1) is 6.92 Å². The van der Waals surface area contributed by atoms with Crippen molar-refractivity contribution in [2.24, 2.45) is 0 Å². The molecule has 0 saturated carbocycles. The topological polar surface area (TPSA) is 51.4 Å². The van der Waals surface area contributed by atoms with Crippen LogP contribution in [0.2, 0.25) is 0 Å². The number of aromatic amines is 1. The Kier molecular flexibility index (Phi) is 7.17. The van der Waals surface area contributed by atoms with E-state index in [0.29, 0.717) is 17.7 Å². The van der Waals surface area contributed by atoms with Gasteiger partial charge in [0.25, 0.3) is 5.56 Å². The molecule has 26 heavy (non-hydrogen) atoms. The van der Waals surface area contributed by atoms with Crippen molar-refractivity contribution < 1.29 is 0 Å². The Morgan fingerprint density at radius 1 is 1.27 bits per heavy atom. The first-order valence-corrected chi connectivity index (χ1v) is 9.53. The Hall–Kier alpha value is -1.92. The average Bonchev–Trinajstić information content (AvgIpc) is 2.58.